The second-order valence-corrected chi connectivity index (χ2v) is 5.35. The SMILES string of the molecule is O=C(Nc1cccc(F)c1)Nc1ncn(Cc2ccccc2Cl)n1. The van der Waals surface area contributed by atoms with Gasteiger partial charge in [0, 0.05) is 10.7 Å². The first-order chi connectivity index (χ1) is 11.6. The van der Waals surface area contributed by atoms with Crippen molar-refractivity contribution in [3.05, 3.63) is 71.3 Å². The number of hydrogen-bond donors (Lipinski definition) is 2. The Morgan fingerprint density at radius 1 is 1.17 bits per heavy atom. The lowest BCUT2D eigenvalue weighted by molar-refractivity contribution is 0.262. The highest BCUT2D eigenvalue weighted by Crippen LogP contribution is 2.16. The molecule has 3 rings (SSSR count). The van der Waals surface area contributed by atoms with Gasteiger partial charge in [-0.25, -0.2) is 18.9 Å². The van der Waals surface area contributed by atoms with Crippen molar-refractivity contribution in [2.24, 2.45) is 0 Å². The third kappa shape index (κ3) is 4.08. The zero-order valence-electron chi connectivity index (χ0n) is 12.4. The standard InChI is InChI=1S/C16H13ClFN5O/c17-14-7-2-1-4-11(14)9-23-10-19-15(22-23)21-16(24)20-13-6-3-5-12(18)8-13/h1-8,10H,9H2,(H2,20,21,22,24). The highest BCUT2D eigenvalue weighted by Gasteiger charge is 2.08. The molecule has 0 aliphatic heterocycles. The maximum atomic E-state index is 13.1. The summed E-state index contributed by atoms with van der Waals surface area (Å²) < 4.78 is 14.6. The van der Waals surface area contributed by atoms with Gasteiger partial charge in [0.15, 0.2) is 0 Å². The number of aromatic nitrogens is 3. The van der Waals surface area contributed by atoms with Crippen LogP contribution in [0.15, 0.2) is 54.9 Å². The van der Waals surface area contributed by atoms with Gasteiger partial charge in [-0.15, -0.1) is 5.10 Å². The molecule has 2 amide bonds. The van der Waals surface area contributed by atoms with Gasteiger partial charge in [-0.1, -0.05) is 35.9 Å². The first kappa shape index (κ1) is 15.9. The first-order valence-electron chi connectivity index (χ1n) is 7.06. The third-order valence-corrected chi connectivity index (χ3v) is 3.50. The van der Waals surface area contributed by atoms with E-state index in [1.807, 2.05) is 18.2 Å². The number of carbonyl (C=O) groups excluding carboxylic acids is 1. The highest BCUT2D eigenvalue weighted by molar-refractivity contribution is 6.31. The number of urea groups is 1. The van der Waals surface area contributed by atoms with Crippen LogP contribution >= 0.6 is 11.6 Å². The van der Waals surface area contributed by atoms with E-state index in [1.54, 1.807) is 16.8 Å². The molecule has 2 N–H and O–H groups in total. The summed E-state index contributed by atoms with van der Waals surface area (Å²) in [4.78, 5) is 15.9. The minimum atomic E-state index is -0.559. The quantitative estimate of drug-likeness (QED) is 0.756. The smallest absolute Gasteiger partial charge is 0.308 e. The zero-order valence-corrected chi connectivity index (χ0v) is 13.2. The van der Waals surface area contributed by atoms with Gasteiger partial charge in [-0.2, -0.15) is 0 Å². The summed E-state index contributed by atoms with van der Waals surface area (Å²) in [6.07, 6.45) is 1.49. The molecule has 1 aromatic heterocycles. The molecular weight excluding hydrogens is 333 g/mol. The Labute approximate surface area is 142 Å². The maximum absolute atomic E-state index is 13.1. The Bertz CT molecular complexity index is 867. The van der Waals surface area contributed by atoms with Crippen LogP contribution in [0.4, 0.5) is 20.8 Å². The molecule has 24 heavy (non-hydrogen) atoms. The molecule has 6 nitrogen and oxygen atoms in total. The molecule has 2 aromatic carbocycles. The number of carbonyl (C=O) groups is 1. The van der Waals surface area contributed by atoms with Crippen molar-refractivity contribution in [2.45, 2.75) is 6.54 Å². The molecule has 8 heteroatoms. The summed E-state index contributed by atoms with van der Waals surface area (Å²) in [6, 6.07) is 12.4. The summed E-state index contributed by atoms with van der Waals surface area (Å²) in [5.74, 6) is -0.300. The van der Waals surface area contributed by atoms with Gasteiger partial charge < -0.3 is 5.32 Å². The molecule has 0 spiro atoms. The van der Waals surface area contributed by atoms with Crippen molar-refractivity contribution in [1.29, 1.82) is 0 Å². The van der Waals surface area contributed by atoms with E-state index in [2.05, 4.69) is 20.7 Å². The van der Waals surface area contributed by atoms with Crippen molar-refractivity contribution < 1.29 is 9.18 Å². The van der Waals surface area contributed by atoms with Crippen LogP contribution in [0.3, 0.4) is 0 Å². The van der Waals surface area contributed by atoms with E-state index in [9.17, 15) is 9.18 Å². The van der Waals surface area contributed by atoms with Crippen LogP contribution in [0.5, 0.6) is 0 Å². The summed E-state index contributed by atoms with van der Waals surface area (Å²) >= 11 is 6.10. The predicted molar refractivity (Wildman–Crippen MR) is 89.6 cm³/mol. The van der Waals surface area contributed by atoms with E-state index in [1.165, 1.54) is 24.5 Å². The van der Waals surface area contributed by atoms with Gasteiger partial charge in [0.1, 0.15) is 12.1 Å². The fourth-order valence-electron chi connectivity index (χ4n) is 2.06. The maximum Gasteiger partial charge on any atom is 0.326 e. The molecule has 0 unspecified atom stereocenters. The minimum absolute atomic E-state index is 0.135. The van der Waals surface area contributed by atoms with Crippen molar-refractivity contribution in [2.75, 3.05) is 10.6 Å². The number of nitrogens with zero attached hydrogens (tertiary/aromatic N) is 3. The lowest BCUT2D eigenvalue weighted by atomic mass is 10.2. The highest BCUT2D eigenvalue weighted by atomic mass is 35.5. The topological polar surface area (TPSA) is 71.8 Å². The van der Waals surface area contributed by atoms with Gasteiger partial charge in [-0.3, -0.25) is 5.32 Å². The van der Waals surface area contributed by atoms with Gasteiger partial charge in [-0.05, 0) is 29.8 Å². The molecule has 0 saturated carbocycles. The molecule has 1 heterocycles. The lowest BCUT2D eigenvalue weighted by Crippen LogP contribution is -2.20. The second-order valence-electron chi connectivity index (χ2n) is 4.95. The van der Waals surface area contributed by atoms with Crippen LogP contribution in [-0.2, 0) is 6.54 Å². The number of rotatable bonds is 4. The lowest BCUT2D eigenvalue weighted by Gasteiger charge is -2.05. The molecular formula is C16H13ClFN5O. The van der Waals surface area contributed by atoms with Crippen LogP contribution in [0.25, 0.3) is 0 Å². The largest absolute Gasteiger partial charge is 0.326 e. The second kappa shape index (κ2) is 7.10. The third-order valence-electron chi connectivity index (χ3n) is 3.13. The summed E-state index contributed by atoms with van der Waals surface area (Å²) in [5.41, 5.74) is 1.22. The van der Waals surface area contributed by atoms with Crippen LogP contribution in [0, 0.1) is 5.82 Å². The van der Waals surface area contributed by atoms with Crippen molar-refractivity contribution in [3.63, 3.8) is 0 Å². The molecule has 0 atom stereocenters. The van der Waals surface area contributed by atoms with E-state index in [0.29, 0.717) is 17.3 Å². The predicted octanol–water partition coefficient (Wildman–Crippen LogP) is 3.76. The average Bonchev–Trinajstić information content (AvgIpc) is 2.96. The Morgan fingerprint density at radius 2 is 2.00 bits per heavy atom. The monoisotopic (exact) mass is 345 g/mol. The van der Waals surface area contributed by atoms with Crippen molar-refractivity contribution >= 4 is 29.3 Å². The Kier molecular flexibility index (Phi) is 4.72. The van der Waals surface area contributed by atoms with Crippen molar-refractivity contribution in [3.8, 4) is 0 Å². The fraction of sp³-hybridized carbons (Fsp3) is 0.0625. The molecule has 0 bridgehead atoms. The number of amides is 2. The number of benzene rings is 2. The molecule has 0 aliphatic rings. The Balaban J connectivity index is 1.61. The van der Waals surface area contributed by atoms with Crippen LogP contribution in [-0.4, -0.2) is 20.8 Å². The number of nitrogens with one attached hydrogen (secondary N) is 2. The molecule has 0 radical (unpaired) electrons. The van der Waals surface area contributed by atoms with E-state index >= 15 is 0 Å². The number of halogens is 2. The van der Waals surface area contributed by atoms with Crippen molar-refractivity contribution in [1.82, 2.24) is 14.8 Å². The molecule has 0 aliphatic carbocycles. The molecule has 0 fully saturated rings. The van der Waals surface area contributed by atoms with Crippen LogP contribution in [0.1, 0.15) is 5.56 Å². The summed E-state index contributed by atoms with van der Waals surface area (Å²) in [7, 11) is 0. The van der Waals surface area contributed by atoms with E-state index in [-0.39, 0.29) is 5.95 Å². The fourth-order valence-corrected chi connectivity index (χ4v) is 2.25. The number of hydrogen-bond acceptors (Lipinski definition) is 3. The Hall–Kier alpha value is -2.93. The minimum Gasteiger partial charge on any atom is -0.308 e. The first-order valence-corrected chi connectivity index (χ1v) is 7.44. The molecule has 122 valence electrons. The Morgan fingerprint density at radius 3 is 2.79 bits per heavy atom. The van der Waals surface area contributed by atoms with Crippen LogP contribution < -0.4 is 10.6 Å². The summed E-state index contributed by atoms with van der Waals surface area (Å²) in [6.45, 7) is 0.430. The number of anilines is 2. The summed E-state index contributed by atoms with van der Waals surface area (Å²) in [5, 5.41) is 9.76. The average molecular weight is 346 g/mol. The van der Waals surface area contributed by atoms with Gasteiger partial charge in [0.05, 0.1) is 6.54 Å². The molecule has 0 saturated heterocycles. The molecule has 3 aromatic rings. The van der Waals surface area contributed by atoms with Gasteiger partial charge >= 0.3 is 6.03 Å². The van der Waals surface area contributed by atoms with E-state index in [4.69, 9.17) is 11.6 Å². The van der Waals surface area contributed by atoms with Crippen LogP contribution in [0.2, 0.25) is 5.02 Å². The zero-order chi connectivity index (χ0) is 16.9. The van der Waals surface area contributed by atoms with E-state index in [0.717, 1.165) is 5.56 Å². The van der Waals surface area contributed by atoms with E-state index < -0.39 is 11.8 Å². The normalized spacial score (nSPS) is 10.4. The van der Waals surface area contributed by atoms with Gasteiger partial charge in [0.2, 0.25) is 5.95 Å². The van der Waals surface area contributed by atoms with Gasteiger partial charge in [0.25, 0.3) is 0 Å².